The van der Waals surface area contributed by atoms with Crippen LogP contribution >= 0.6 is 23.4 Å². The Morgan fingerprint density at radius 3 is 2.76 bits per heavy atom. The first-order valence-corrected chi connectivity index (χ1v) is 7.62. The van der Waals surface area contributed by atoms with Gasteiger partial charge in [0, 0.05) is 11.9 Å². The Morgan fingerprint density at radius 2 is 2.05 bits per heavy atom. The summed E-state index contributed by atoms with van der Waals surface area (Å²) in [5.41, 5.74) is 1.53. The van der Waals surface area contributed by atoms with E-state index in [-0.39, 0.29) is 5.02 Å². The van der Waals surface area contributed by atoms with E-state index in [1.165, 1.54) is 17.8 Å². The SMILES string of the molecule is COc1ccc(CSc2ncn3ccc(Cl)c(F)c23)cc1. The molecule has 0 radical (unpaired) electrons. The summed E-state index contributed by atoms with van der Waals surface area (Å²) < 4.78 is 20.8. The van der Waals surface area contributed by atoms with E-state index in [0.29, 0.717) is 16.3 Å². The van der Waals surface area contributed by atoms with Gasteiger partial charge in [0.05, 0.1) is 12.1 Å². The van der Waals surface area contributed by atoms with Crippen molar-refractivity contribution in [2.75, 3.05) is 7.11 Å². The number of pyridine rings is 1. The molecule has 2 aromatic heterocycles. The molecule has 6 heteroatoms. The number of hydrogen-bond donors (Lipinski definition) is 0. The lowest BCUT2D eigenvalue weighted by Crippen LogP contribution is -1.89. The summed E-state index contributed by atoms with van der Waals surface area (Å²) in [6, 6.07) is 9.28. The minimum Gasteiger partial charge on any atom is -0.497 e. The monoisotopic (exact) mass is 322 g/mol. The maximum Gasteiger partial charge on any atom is 0.168 e. The van der Waals surface area contributed by atoms with Crippen LogP contribution in [-0.4, -0.2) is 16.5 Å². The summed E-state index contributed by atoms with van der Waals surface area (Å²) in [5.74, 6) is 1.07. The van der Waals surface area contributed by atoms with Crippen molar-refractivity contribution in [1.29, 1.82) is 0 Å². The lowest BCUT2D eigenvalue weighted by molar-refractivity contribution is 0.414. The van der Waals surface area contributed by atoms with Gasteiger partial charge < -0.3 is 9.14 Å². The number of rotatable bonds is 4. The van der Waals surface area contributed by atoms with Gasteiger partial charge in [-0.15, -0.1) is 0 Å². The molecule has 0 amide bonds. The Hall–Kier alpha value is -1.72. The van der Waals surface area contributed by atoms with Gasteiger partial charge in [-0.05, 0) is 23.8 Å². The number of aromatic nitrogens is 2. The van der Waals surface area contributed by atoms with E-state index >= 15 is 0 Å². The molecule has 0 saturated carbocycles. The largest absolute Gasteiger partial charge is 0.497 e. The van der Waals surface area contributed by atoms with Crippen molar-refractivity contribution < 1.29 is 9.13 Å². The number of methoxy groups -OCH3 is 1. The second-order valence-corrected chi connectivity index (χ2v) is 5.79. The van der Waals surface area contributed by atoms with Crippen LogP contribution in [0.15, 0.2) is 47.9 Å². The molecule has 21 heavy (non-hydrogen) atoms. The molecule has 0 unspecified atom stereocenters. The minimum atomic E-state index is -0.436. The van der Waals surface area contributed by atoms with E-state index in [0.717, 1.165) is 11.3 Å². The number of benzene rings is 1. The zero-order valence-corrected chi connectivity index (χ0v) is 12.8. The van der Waals surface area contributed by atoms with Crippen molar-refractivity contribution in [1.82, 2.24) is 9.38 Å². The van der Waals surface area contributed by atoms with Gasteiger partial charge in [-0.25, -0.2) is 9.37 Å². The van der Waals surface area contributed by atoms with Gasteiger partial charge in [-0.1, -0.05) is 35.5 Å². The van der Waals surface area contributed by atoms with E-state index in [9.17, 15) is 4.39 Å². The normalized spacial score (nSPS) is 11.0. The van der Waals surface area contributed by atoms with Gasteiger partial charge in [-0.2, -0.15) is 0 Å². The number of ether oxygens (including phenoxy) is 1. The molecule has 0 fully saturated rings. The summed E-state index contributed by atoms with van der Waals surface area (Å²) >= 11 is 7.30. The molecule has 3 rings (SSSR count). The van der Waals surface area contributed by atoms with Gasteiger partial charge in [0.25, 0.3) is 0 Å². The average molecular weight is 323 g/mol. The summed E-state index contributed by atoms with van der Waals surface area (Å²) in [4.78, 5) is 4.25. The number of imidazole rings is 1. The summed E-state index contributed by atoms with van der Waals surface area (Å²) in [5, 5.41) is 0.736. The highest BCUT2D eigenvalue weighted by Gasteiger charge is 2.13. The maximum atomic E-state index is 14.1. The van der Waals surface area contributed by atoms with Crippen LogP contribution in [0.2, 0.25) is 5.02 Å². The number of thioether (sulfide) groups is 1. The van der Waals surface area contributed by atoms with Gasteiger partial charge in [-0.3, -0.25) is 0 Å². The Morgan fingerprint density at radius 1 is 1.29 bits per heavy atom. The van der Waals surface area contributed by atoms with Crippen LogP contribution in [0.3, 0.4) is 0 Å². The van der Waals surface area contributed by atoms with Gasteiger partial charge >= 0.3 is 0 Å². The van der Waals surface area contributed by atoms with E-state index in [1.807, 2.05) is 24.3 Å². The van der Waals surface area contributed by atoms with Crippen LogP contribution in [0.5, 0.6) is 5.75 Å². The van der Waals surface area contributed by atoms with E-state index in [1.54, 1.807) is 24.0 Å². The number of nitrogens with zero attached hydrogens (tertiary/aromatic N) is 2. The number of halogens is 2. The van der Waals surface area contributed by atoms with Crippen molar-refractivity contribution >= 4 is 28.9 Å². The third-order valence-electron chi connectivity index (χ3n) is 3.09. The van der Waals surface area contributed by atoms with Crippen molar-refractivity contribution in [3.05, 3.63) is 59.3 Å². The Labute approximate surface area is 130 Å². The smallest absolute Gasteiger partial charge is 0.168 e. The molecule has 108 valence electrons. The van der Waals surface area contributed by atoms with Crippen LogP contribution in [0, 0.1) is 5.82 Å². The zero-order chi connectivity index (χ0) is 14.8. The first-order chi connectivity index (χ1) is 10.2. The third kappa shape index (κ3) is 2.84. The van der Waals surface area contributed by atoms with E-state index < -0.39 is 5.82 Å². The topological polar surface area (TPSA) is 26.5 Å². The van der Waals surface area contributed by atoms with Gasteiger partial charge in [0.15, 0.2) is 5.82 Å². The Kier molecular flexibility index (Phi) is 4.03. The molecule has 0 aliphatic heterocycles. The highest BCUT2D eigenvalue weighted by atomic mass is 35.5. The van der Waals surface area contributed by atoms with Crippen LogP contribution in [-0.2, 0) is 5.75 Å². The standard InChI is InChI=1S/C15H12ClFN2OS/c1-20-11-4-2-10(3-5-11)8-21-15-14-13(17)12(16)6-7-19(14)9-18-15/h2-7,9H,8H2,1H3. The van der Waals surface area contributed by atoms with Crippen LogP contribution in [0.1, 0.15) is 5.56 Å². The zero-order valence-electron chi connectivity index (χ0n) is 11.2. The number of fused-ring (bicyclic) bond motifs is 1. The van der Waals surface area contributed by atoms with Gasteiger partial charge in [0.2, 0.25) is 0 Å². The van der Waals surface area contributed by atoms with E-state index in [4.69, 9.17) is 16.3 Å². The van der Waals surface area contributed by atoms with Crippen molar-refractivity contribution in [3.63, 3.8) is 0 Å². The second kappa shape index (κ2) is 5.95. The van der Waals surface area contributed by atoms with Crippen molar-refractivity contribution in [3.8, 4) is 5.75 Å². The lowest BCUT2D eigenvalue weighted by atomic mass is 10.2. The Balaban J connectivity index is 1.83. The van der Waals surface area contributed by atoms with Crippen LogP contribution in [0.4, 0.5) is 4.39 Å². The van der Waals surface area contributed by atoms with E-state index in [2.05, 4.69) is 4.98 Å². The fraction of sp³-hybridized carbons (Fsp3) is 0.133. The lowest BCUT2D eigenvalue weighted by Gasteiger charge is -2.04. The second-order valence-electron chi connectivity index (χ2n) is 4.42. The predicted octanol–water partition coefficient (Wildman–Crippen LogP) is 4.43. The molecular formula is C15H12ClFN2OS. The molecule has 0 atom stereocenters. The molecular weight excluding hydrogens is 311 g/mol. The summed E-state index contributed by atoms with van der Waals surface area (Å²) in [6.45, 7) is 0. The van der Waals surface area contributed by atoms with Crippen LogP contribution in [0.25, 0.3) is 5.52 Å². The summed E-state index contributed by atoms with van der Waals surface area (Å²) in [7, 11) is 1.63. The molecule has 0 spiro atoms. The first-order valence-electron chi connectivity index (χ1n) is 6.25. The minimum absolute atomic E-state index is 0.106. The molecule has 3 aromatic rings. The maximum absolute atomic E-state index is 14.1. The molecule has 2 heterocycles. The third-order valence-corrected chi connectivity index (χ3v) is 4.44. The molecule has 0 saturated heterocycles. The predicted molar refractivity (Wildman–Crippen MR) is 82.7 cm³/mol. The number of hydrogen-bond acceptors (Lipinski definition) is 3. The quantitative estimate of drug-likeness (QED) is 0.665. The Bertz CT molecular complexity index is 773. The fourth-order valence-electron chi connectivity index (χ4n) is 1.98. The first kappa shape index (κ1) is 14.2. The fourth-order valence-corrected chi connectivity index (χ4v) is 3.07. The van der Waals surface area contributed by atoms with Crippen LogP contribution < -0.4 is 4.74 Å². The molecule has 3 nitrogen and oxygen atoms in total. The molecule has 0 aliphatic rings. The van der Waals surface area contributed by atoms with Crippen molar-refractivity contribution in [2.45, 2.75) is 10.8 Å². The molecule has 0 aliphatic carbocycles. The molecule has 1 aromatic carbocycles. The van der Waals surface area contributed by atoms with Crippen molar-refractivity contribution in [2.24, 2.45) is 0 Å². The highest BCUT2D eigenvalue weighted by Crippen LogP contribution is 2.30. The highest BCUT2D eigenvalue weighted by molar-refractivity contribution is 7.98. The summed E-state index contributed by atoms with van der Waals surface area (Å²) in [6.07, 6.45) is 3.29. The molecule has 0 bridgehead atoms. The molecule has 0 N–H and O–H groups in total. The van der Waals surface area contributed by atoms with Gasteiger partial charge in [0.1, 0.15) is 22.6 Å². The average Bonchev–Trinajstić information content (AvgIpc) is 2.93.